The molecule has 1 aliphatic heterocycles. The van der Waals surface area contributed by atoms with Crippen molar-refractivity contribution in [3.05, 3.63) is 39.9 Å². The highest BCUT2D eigenvalue weighted by atomic mass is 16.1. The van der Waals surface area contributed by atoms with E-state index < -0.39 is 0 Å². The lowest BCUT2D eigenvalue weighted by Crippen LogP contribution is -2.51. The van der Waals surface area contributed by atoms with E-state index in [2.05, 4.69) is 15.1 Å². The molecule has 1 saturated carbocycles. The number of aromatic nitrogens is 4. The highest BCUT2D eigenvalue weighted by Crippen LogP contribution is 2.29. The van der Waals surface area contributed by atoms with Gasteiger partial charge < -0.3 is 4.90 Å². The third-order valence-electron chi connectivity index (χ3n) is 5.28. The zero-order valence-electron chi connectivity index (χ0n) is 14.5. The Morgan fingerprint density at radius 1 is 1.08 bits per heavy atom. The van der Waals surface area contributed by atoms with Gasteiger partial charge in [-0.3, -0.25) is 4.79 Å². The minimum absolute atomic E-state index is 0.0299. The summed E-state index contributed by atoms with van der Waals surface area (Å²) in [5, 5.41) is 8.99. The van der Waals surface area contributed by atoms with Crippen molar-refractivity contribution < 1.29 is 0 Å². The summed E-state index contributed by atoms with van der Waals surface area (Å²) in [6.45, 7) is 8.09. The maximum atomic E-state index is 12.1. The minimum Gasteiger partial charge on any atom is -0.302 e. The summed E-state index contributed by atoms with van der Waals surface area (Å²) in [6.07, 6.45) is 4.19. The van der Waals surface area contributed by atoms with Gasteiger partial charge in [0.05, 0.1) is 12.2 Å². The SMILES string of the molecule is Cc1cc(C)n(-c2ccc(=O)n(CC3CN(CC4CCC4)C3)n2)n1. The summed E-state index contributed by atoms with van der Waals surface area (Å²) in [7, 11) is 0. The first-order valence-corrected chi connectivity index (χ1v) is 8.92. The standard InChI is InChI=1S/C18H25N5O/c1-13-8-14(2)23(19-13)17-6-7-18(24)22(20-17)12-16-10-21(11-16)9-15-4-3-5-15/h6-8,15-16H,3-5,9-12H2,1-2H3. The van der Waals surface area contributed by atoms with E-state index >= 15 is 0 Å². The maximum absolute atomic E-state index is 12.1. The molecule has 2 aromatic rings. The Labute approximate surface area is 142 Å². The van der Waals surface area contributed by atoms with Crippen molar-refractivity contribution in [3.63, 3.8) is 0 Å². The Morgan fingerprint density at radius 3 is 2.50 bits per heavy atom. The van der Waals surface area contributed by atoms with Crippen molar-refractivity contribution in [3.8, 4) is 5.82 Å². The van der Waals surface area contributed by atoms with Crippen molar-refractivity contribution in [2.75, 3.05) is 19.6 Å². The summed E-state index contributed by atoms with van der Waals surface area (Å²) in [5.74, 6) is 2.16. The Bertz CT molecular complexity index is 783. The maximum Gasteiger partial charge on any atom is 0.266 e. The van der Waals surface area contributed by atoms with Crippen LogP contribution in [-0.2, 0) is 6.54 Å². The fraction of sp³-hybridized carbons (Fsp3) is 0.611. The molecule has 6 nitrogen and oxygen atoms in total. The first-order chi connectivity index (χ1) is 11.6. The minimum atomic E-state index is -0.0299. The molecule has 0 amide bonds. The number of nitrogens with zero attached hydrogens (tertiary/aromatic N) is 5. The molecule has 6 heteroatoms. The van der Waals surface area contributed by atoms with Crippen LogP contribution in [0.5, 0.6) is 0 Å². The van der Waals surface area contributed by atoms with Gasteiger partial charge in [-0.15, -0.1) is 5.10 Å². The summed E-state index contributed by atoms with van der Waals surface area (Å²) in [5.41, 5.74) is 1.95. The first kappa shape index (κ1) is 15.6. The predicted octanol–water partition coefficient (Wildman–Crippen LogP) is 1.78. The Balaban J connectivity index is 1.43. The summed E-state index contributed by atoms with van der Waals surface area (Å²) < 4.78 is 3.41. The molecule has 2 aromatic heterocycles. The van der Waals surface area contributed by atoms with E-state index in [-0.39, 0.29) is 5.56 Å². The van der Waals surface area contributed by atoms with Gasteiger partial charge in [0.25, 0.3) is 5.56 Å². The van der Waals surface area contributed by atoms with E-state index in [4.69, 9.17) is 0 Å². The third-order valence-corrected chi connectivity index (χ3v) is 5.28. The molecule has 1 saturated heterocycles. The molecule has 0 radical (unpaired) electrons. The fourth-order valence-electron chi connectivity index (χ4n) is 3.77. The van der Waals surface area contributed by atoms with Crippen LogP contribution in [0.1, 0.15) is 30.7 Å². The van der Waals surface area contributed by atoms with Gasteiger partial charge in [-0.2, -0.15) is 5.10 Å². The van der Waals surface area contributed by atoms with E-state index in [1.165, 1.54) is 25.8 Å². The Morgan fingerprint density at radius 2 is 1.88 bits per heavy atom. The zero-order chi connectivity index (χ0) is 16.7. The molecule has 0 unspecified atom stereocenters. The number of hydrogen-bond donors (Lipinski definition) is 0. The van der Waals surface area contributed by atoms with Crippen molar-refractivity contribution in [1.29, 1.82) is 0 Å². The van der Waals surface area contributed by atoms with Gasteiger partial charge in [0, 0.05) is 37.3 Å². The van der Waals surface area contributed by atoms with Gasteiger partial charge in [0.2, 0.25) is 0 Å². The van der Waals surface area contributed by atoms with Crippen molar-refractivity contribution >= 4 is 0 Å². The average Bonchev–Trinajstić information content (AvgIpc) is 2.80. The molecule has 0 N–H and O–H groups in total. The van der Waals surface area contributed by atoms with Crippen molar-refractivity contribution in [2.24, 2.45) is 11.8 Å². The second kappa shape index (κ2) is 6.16. The van der Waals surface area contributed by atoms with Gasteiger partial charge in [-0.1, -0.05) is 6.42 Å². The molecule has 0 bridgehead atoms. The van der Waals surface area contributed by atoms with Crippen LogP contribution in [0.25, 0.3) is 5.82 Å². The van der Waals surface area contributed by atoms with E-state index in [1.54, 1.807) is 21.5 Å². The van der Waals surface area contributed by atoms with Gasteiger partial charge >= 0.3 is 0 Å². The highest BCUT2D eigenvalue weighted by molar-refractivity contribution is 5.23. The van der Waals surface area contributed by atoms with Gasteiger partial charge in [-0.25, -0.2) is 9.36 Å². The molecule has 0 spiro atoms. The molecule has 2 fully saturated rings. The first-order valence-electron chi connectivity index (χ1n) is 8.92. The molecule has 3 heterocycles. The lowest BCUT2D eigenvalue weighted by atomic mass is 9.84. The molecule has 0 atom stereocenters. The molecular formula is C18H25N5O. The van der Waals surface area contributed by atoms with Gasteiger partial charge in [-0.05, 0) is 44.7 Å². The van der Waals surface area contributed by atoms with E-state index in [1.807, 2.05) is 19.9 Å². The second-order valence-electron chi connectivity index (χ2n) is 7.43. The lowest BCUT2D eigenvalue weighted by Gasteiger charge is -2.43. The van der Waals surface area contributed by atoms with Crippen LogP contribution in [0.2, 0.25) is 0 Å². The Kier molecular flexibility index (Phi) is 4.00. The largest absolute Gasteiger partial charge is 0.302 e. The number of aryl methyl sites for hydroxylation is 2. The van der Waals surface area contributed by atoms with E-state index in [0.717, 1.165) is 30.4 Å². The molecule has 2 aliphatic rings. The number of hydrogen-bond acceptors (Lipinski definition) is 4. The normalized spacial score (nSPS) is 19.2. The number of likely N-dealkylation sites (tertiary alicyclic amines) is 1. The average molecular weight is 327 g/mol. The third kappa shape index (κ3) is 3.02. The topological polar surface area (TPSA) is 56.0 Å². The predicted molar refractivity (Wildman–Crippen MR) is 92.4 cm³/mol. The van der Waals surface area contributed by atoms with Crippen LogP contribution >= 0.6 is 0 Å². The smallest absolute Gasteiger partial charge is 0.266 e. The lowest BCUT2D eigenvalue weighted by molar-refractivity contribution is 0.0520. The van der Waals surface area contributed by atoms with E-state index in [0.29, 0.717) is 18.3 Å². The molecule has 1 aliphatic carbocycles. The molecule has 24 heavy (non-hydrogen) atoms. The second-order valence-corrected chi connectivity index (χ2v) is 7.43. The van der Waals surface area contributed by atoms with E-state index in [9.17, 15) is 4.79 Å². The van der Waals surface area contributed by atoms with Crippen LogP contribution < -0.4 is 5.56 Å². The monoisotopic (exact) mass is 327 g/mol. The molecule has 4 rings (SSSR count). The fourth-order valence-corrected chi connectivity index (χ4v) is 3.77. The highest BCUT2D eigenvalue weighted by Gasteiger charge is 2.30. The van der Waals surface area contributed by atoms with Gasteiger partial charge in [0.1, 0.15) is 0 Å². The quantitative estimate of drug-likeness (QED) is 0.840. The number of rotatable bonds is 5. The van der Waals surface area contributed by atoms with Crippen LogP contribution in [0, 0.1) is 25.7 Å². The Hall–Kier alpha value is -1.95. The van der Waals surface area contributed by atoms with Crippen LogP contribution in [0.3, 0.4) is 0 Å². The molecule has 128 valence electrons. The van der Waals surface area contributed by atoms with Gasteiger partial charge in [0.15, 0.2) is 5.82 Å². The molecular weight excluding hydrogens is 302 g/mol. The summed E-state index contributed by atoms with van der Waals surface area (Å²) in [6, 6.07) is 5.37. The summed E-state index contributed by atoms with van der Waals surface area (Å²) in [4.78, 5) is 14.7. The zero-order valence-corrected chi connectivity index (χ0v) is 14.5. The van der Waals surface area contributed by atoms with Crippen LogP contribution in [0.4, 0.5) is 0 Å². The van der Waals surface area contributed by atoms with Crippen LogP contribution in [0.15, 0.2) is 23.0 Å². The summed E-state index contributed by atoms with van der Waals surface area (Å²) >= 11 is 0. The van der Waals surface area contributed by atoms with Crippen molar-refractivity contribution in [2.45, 2.75) is 39.7 Å². The van der Waals surface area contributed by atoms with Crippen LogP contribution in [-0.4, -0.2) is 44.1 Å². The molecule has 0 aromatic carbocycles. The van der Waals surface area contributed by atoms with Crippen molar-refractivity contribution in [1.82, 2.24) is 24.5 Å².